The summed E-state index contributed by atoms with van der Waals surface area (Å²) < 4.78 is 16.0. The number of carbonyl (C=O) groups excluding carboxylic acids is 1. The fourth-order valence-corrected chi connectivity index (χ4v) is 4.99. The summed E-state index contributed by atoms with van der Waals surface area (Å²) in [6.45, 7) is 3.83. The second kappa shape index (κ2) is 9.95. The molecule has 3 aromatic rings. The number of anilines is 2. The van der Waals surface area contributed by atoms with Crippen molar-refractivity contribution in [3.63, 3.8) is 0 Å². The summed E-state index contributed by atoms with van der Waals surface area (Å²) in [6.07, 6.45) is 4.57. The predicted octanol–water partition coefficient (Wildman–Crippen LogP) is 5.27. The van der Waals surface area contributed by atoms with Gasteiger partial charge in [-0.1, -0.05) is 30.0 Å². The summed E-state index contributed by atoms with van der Waals surface area (Å²) >= 11 is 1.32. The molecule has 6 N–H and O–H groups in total. The average molecular weight is 493 g/mol. The van der Waals surface area contributed by atoms with Gasteiger partial charge < -0.3 is 31.8 Å². The fraction of sp³-hybridized carbons (Fsp3) is 0.269. The minimum Gasteiger partial charge on any atom is -0.396 e. The third-order valence-electron chi connectivity index (χ3n) is 6.26. The van der Waals surface area contributed by atoms with E-state index in [0.29, 0.717) is 22.2 Å². The molecular formula is C26H29FN6OS. The molecule has 1 aliphatic carbocycles. The van der Waals surface area contributed by atoms with Gasteiger partial charge in [-0.25, -0.2) is 4.39 Å². The van der Waals surface area contributed by atoms with Crippen LogP contribution in [-0.2, 0) is 7.05 Å². The topological polar surface area (TPSA) is 120 Å². The Bertz CT molecular complexity index is 1310. The van der Waals surface area contributed by atoms with E-state index in [1.807, 2.05) is 43.7 Å². The third-order valence-corrected chi connectivity index (χ3v) is 7.37. The number of hydrogen-bond acceptors (Lipinski definition) is 6. The van der Waals surface area contributed by atoms with Crippen molar-refractivity contribution < 1.29 is 9.18 Å². The van der Waals surface area contributed by atoms with Gasteiger partial charge in [0, 0.05) is 57.8 Å². The van der Waals surface area contributed by atoms with Crippen LogP contribution in [0.4, 0.5) is 15.8 Å². The lowest BCUT2D eigenvalue weighted by atomic mass is 10.0. The molecule has 1 unspecified atom stereocenters. The van der Waals surface area contributed by atoms with Gasteiger partial charge in [0.1, 0.15) is 11.5 Å². The Hall–Kier alpha value is -3.59. The number of rotatable bonds is 9. The largest absolute Gasteiger partial charge is 0.396 e. The van der Waals surface area contributed by atoms with Gasteiger partial charge in [-0.05, 0) is 50.5 Å². The monoisotopic (exact) mass is 492 g/mol. The molecule has 1 amide bonds. The first-order chi connectivity index (χ1) is 16.7. The van der Waals surface area contributed by atoms with Gasteiger partial charge in [-0.3, -0.25) is 4.79 Å². The molecular weight excluding hydrogens is 463 g/mol. The van der Waals surface area contributed by atoms with Crippen molar-refractivity contribution >= 4 is 41.5 Å². The second-order valence-electron chi connectivity index (χ2n) is 8.76. The van der Waals surface area contributed by atoms with E-state index in [1.54, 1.807) is 12.1 Å². The first kappa shape index (κ1) is 24.5. The summed E-state index contributed by atoms with van der Waals surface area (Å²) in [7, 11) is 1.82. The van der Waals surface area contributed by atoms with E-state index in [9.17, 15) is 9.18 Å². The lowest BCUT2D eigenvalue weighted by Gasteiger charge is -2.21. The molecule has 1 aliphatic rings. The molecule has 35 heavy (non-hydrogen) atoms. The highest BCUT2D eigenvalue weighted by Crippen LogP contribution is 2.35. The molecule has 1 atom stereocenters. The number of aromatic nitrogens is 1. The molecule has 1 saturated carbocycles. The van der Waals surface area contributed by atoms with Crippen LogP contribution in [0.15, 0.2) is 46.2 Å². The van der Waals surface area contributed by atoms with Crippen LogP contribution in [0, 0.1) is 23.6 Å². The summed E-state index contributed by atoms with van der Waals surface area (Å²) in [4.78, 5) is 14.7. The highest BCUT2D eigenvalue weighted by Gasteiger charge is 2.25. The Labute approximate surface area is 208 Å². The van der Waals surface area contributed by atoms with Crippen LogP contribution in [0.2, 0.25) is 0 Å². The predicted molar refractivity (Wildman–Crippen MR) is 140 cm³/mol. The molecule has 0 bridgehead atoms. The molecule has 0 radical (unpaired) electrons. The molecule has 9 heteroatoms. The Kier molecular flexibility index (Phi) is 6.98. The van der Waals surface area contributed by atoms with Gasteiger partial charge in [0.05, 0.1) is 11.7 Å². The molecule has 1 heterocycles. The molecule has 0 aliphatic heterocycles. The van der Waals surface area contributed by atoms with Crippen molar-refractivity contribution in [3.05, 3.63) is 70.3 Å². The molecule has 182 valence electrons. The van der Waals surface area contributed by atoms with Crippen molar-refractivity contribution in [1.29, 1.82) is 10.8 Å². The molecule has 0 saturated heterocycles. The summed E-state index contributed by atoms with van der Waals surface area (Å²) in [5.74, 6) is -0.798. The van der Waals surface area contributed by atoms with Gasteiger partial charge in [0.2, 0.25) is 0 Å². The van der Waals surface area contributed by atoms with Gasteiger partial charge in [-0.2, -0.15) is 0 Å². The Morgan fingerprint density at radius 1 is 1.23 bits per heavy atom. The molecule has 0 spiro atoms. The molecule has 4 rings (SSSR count). The highest BCUT2D eigenvalue weighted by atomic mass is 32.2. The number of halogens is 1. The van der Waals surface area contributed by atoms with Crippen molar-refractivity contribution in [1.82, 2.24) is 9.88 Å². The van der Waals surface area contributed by atoms with E-state index >= 15 is 0 Å². The zero-order valence-electron chi connectivity index (χ0n) is 19.9. The van der Waals surface area contributed by atoms with Crippen LogP contribution >= 0.6 is 11.8 Å². The van der Waals surface area contributed by atoms with E-state index in [4.69, 9.17) is 16.6 Å². The number of para-hydroxylation sites is 1. The Morgan fingerprint density at radius 3 is 2.60 bits per heavy atom. The number of nitrogen functional groups attached to an aromatic ring is 1. The summed E-state index contributed by atoms with van der Waals surface area (Å²) in [5.41, 5.74) is 9.93. The van der Waals surface area contributed by atoms with Gasteiger partial charge in [0.15, 0.2) is 0 Å². The first-order valence-corrected chi connectivity index (χ1v) is 12.2. The van der Waals surface area contributed by atoms with E-state index in [1.165, 1.54) is 24.0 Å². The first-order valence-electron chi connectivity index (χ1n) is 11.4. The maximum Gasteiger partial charge on any atom is 0.268 e. The smallest absolute Gasteiger partial charge is 0.268 e. The minimum atomic E-state index is -0.573. The number of nitrogens with one attached hydrogen (secondary N) is 4. The number of amides is 1. The number of carbonyl (C=O) groups is 1. The SMILES string of the molecule is Cc1c(Sc2cc(F)c(N)c(C=N)c2)cc(C(=O)NC(C)c2cccc(C=N)c2NC2CC2)n1C. The number of benzene rings is 2. The normalized spacial score (nSPS) is 13.8. The van der Waals surface area contributed by atoms with Crippen LogP contribution in [0.5, 0.6) is 0 Å². The van der Waals surface area contributed by atoms with Gasteiger partial charge in [-0.15, -0.1) is 0 Å². The van der Waals surface area contributed by atoms with Gasteiger partial charge >= 0.3 is 0 Å². The lowest BCUT2D eigenvalue weighted by Crippen LogP contribution is -2.29. The van der Waals surface area contributed by atoms with Crippen LogP contribution in [0.1, 0.15) is 58.7 Å². The molecule has 7 nitrogen and oxygen atoms in total. The zero-order chi connectivity index (χ0) is 25.3. The van der Waals surface area contributed by atoms with Crippen molar-refractivity contribution in [2.45, 2.75) is 48.6 Å². The molecule has 1 aromatic heterocycles. The maximum absolute atomic E-state index is 14.2. The van der Waals surface area contributed by atoms with Crippen LogP contribution in [-0.4, -0.2) is 28.9 Å². The van der Waals surface area contributed by atoms with Crippen LogP contribution < -0.4 is 16.4 Å². The average Bonchev–Trinajstić information content (AvgIpc) is 3.62. The summed E-state index contributed by atoms with van der Waals surface area (Å²) in [5, 5.41) is 21.8. The van der Waals surface area contributed by atoms with Crippen molar-refractivity contribution in [2.75, 3.05) is 11.1 Å². The van der Waals surface area contributed by atoms with E-state index in [0.717, 1.165) is 46.5 Å². The third kappa shape index (κ3) is 5.09. The zero-order valence-corrected chi connectivity index (χ0v) is 20.7. The second-order valence-corrected chi connectivity index (χ2v) is 9.88. The van der Waals surface area contributed by atoms with Crippen molar-refractivity contribution in [2.24, 2.45) is 7.05 Å². The maximum atomic E-state index is 14.2. The number of nitrogens with two attached hydrogens (primary N) is 1. The number of hydrogen-bond donors (Lipinski definition) is 5. The van der Waals surface area contributed by atoms with E-state index < -0.39 is 5.82 Å². The quantitative estimate of drug-likeness (QED) is 0.206. The number of nitrogens with zero attached hydrogens (tertiary/aromatic N) is 1. The Balaban J connectivity index is 1.56. The van der Waals surface area contributed by atoms with Crippen LogP contribution in [0.25, 0.3) is 0 Å². The summed E-state index contributed by atoms with van der Waals surface area (Å²) in [6, 6.07) is 10.7. The van der Waals surface area contributed by atoms with Crippen LogP contribution in [0.3, 0.4) is 0 Å². The van der Waals surface area contributed by atoms with Crippen molar-refractivity contribution in [3.8, 4) is 0 Å². The standard InChI is InChI=1S/C26H29FN6OS/c1-14(20-6-4-5-16(12-28)25(20)32-18-7-8-18)31-26(34)22-11-23(15(2)33(22)3)35-19-9-17(13-29)24(30)21(27)10-19/h4-6,9-14,18,28-29,32H,7-8,30H2,1-3H3,(H,31,34). The Morgan fingerprint density at radius 2 is 1.94 bits per heavy atom. The lowest BCUT2D eigenvalue weighted by molar-refractivity contribution is 0.0931. The fourth-order valence-electron chi connectivity index (χ4n) is 3.93. The van der Waals surface area contributed by atoms with E-state index in [2.05, 4.69) is 10.6 Å². The molecule has 1 fully saturated rings. The molecule has 2 aromatic carbocycles. The minimum absolute atomic E-state index is 0.0502. The highest BCUT2D eigenvalue weighted by molar-refractivity contribution is 7.99. The van der Waals surface area contributed by atoms with E-state index in [-0.39, 0.29) is 17.6 Å². The van der Waals surface area contributed by atoms with Gasteiger partial charge in [0.25, 0.3) is 5.91 Å².